The summed E-state index contributed by atoms with van der Waals surface area (Å²) >= 11 is 0. The number of rotatable bonds is 2. The van der Waals surface area contributed by atoms with Crippen molar-refractivity contribution in [2.45, 2.75) is 32.7 Å². The lowest BCUT2D eigenvalue weighted by atomic mass is 10.7. The van der Waals surface area contributed by atoms with Gasteiger partial charge in [-0.1, -0.05) is 18.0 Å². The molecule has 0 aliphatic rings. The van der Waals surface area contributed by atoms with E-state index in [0.717, 1.165) is 0 Å². The maximum absolute atomic E-state index is 5.98. The van der Waals surface area contributed by atoms with Gasteiger partial charge in [-0.3, -0.25) is 0 Å². The molecule has 0 aromatic carbocycles. The fraction of sp³-hybridized carbons (Fsp3) is 0.556. The van der Waals surface area contributed by atoms with E-state index < -0.39 is 16.6 Å². The Morgan fingerprint density at radius 1 is 1.17 bits per heavy atom. The molecule has 0 saturated heterocycles. The lowest BCUT2D eigenvalue weighted by Crippen LogP contribution is -2.41. The van der Waals surface area contributed by atoms with Gasteiger partial charge in [0.05, 0.1) is 0 Å². The lowest BCUT2D eigenvalue weighted by molar-refractivity contribution is 0.567. The van der Waals surface area contributed by atoms with Crippen LogP contribution in [0.2, 0.25) is 32.7 Å². The maximum Gasteiger partial charge on any atom is 0.256 e. The van der Waals surface area contributed by atoms with Crippen LogP contribution in [0.4, 0.5) is 0 Å². The van der Waals surface area contributed by atoms with Gasteiger partial charge in [-0.25, -0.2) is 0 Å². The van der Waals surface area contributed by atoms with Gasteiger partial charge in [0.25, 0.3) is 8.32 Å². The van der Waals surface area contributed by atoms with E-state index in [4.69, 9.17) is 4.12 Å². The molecule has 0 saturated carbocycles. The average molecular weight is 198 g/mol. The quantitative estimate of drug-likeness (QED) is 0.490. The monoisotopic (exact) mass is 198 g/mol. The van der Waals surface area contributed by atoms with Crippen LogP contribution in [0.5, 0.6) is 0 Å². The number of hydrogen-bond donors (Lipinski definition) is 0. The van der Waals surface area contributed by atoms with Crippen molar-refractivity contribution in [3.8, 4) is 11.5 Å². The van der Waals surface area contributed by atoms with Gasteiger partial charge in [0.15, 0.2) is 8.32 Å². The second-order valence-corrected chi connectivity index (χ2v) is 12.5. The Kier molecular flexibility index (Phi) is 3.98. The molecule has 0 spiro atoms. The molecule has 3 heteroatoms. The van der Waals surface area contributed by atoms with Gasteiger partial charge in [0, 0.05) is 0 Å². The van der Waals surface area contributed by atoms with Crippen molar-refractivity contribution in [1.82, 2.24) is 0 Å². The molecule has 0 aliphatic heterocycles. The van der Waals surface area contributed by atoms with Crippen LogP contribution in [0.3, 0.4) is 0 Å². The molecule has 0 unspecified atom stereocenters. The molecule has 0 N–H and O–H groups in total. The Balaban J connectivity index is 4.32. The molecule has 0 bridgehead atoms. The highest BCUT2D eigenvalue weighted by Gasteiger charge is 2.27. The van der Waals surface area contributed by atoms with E-state index >= 15 is 0 Å². The van der Waals surface area contributed by atoms with E-state index in [9.17, 15) is 0 Å². The minimum Gasteiger partial charge on any atom is -0.447 e. The van der Waals surface area contributed by atoms with E-state index in [-0.39, 0.29) is 0 Å². The summed E-state index contributed by atoms with van der Waals surface area (Å²) in [4.78, 5) is 0. The molecule has 0 aliphatic carbocycles. The van der Waals surface area contributed by atoms with Crippen molar-refractivity contribution in [2.24, 2.45) is 0 Å². The van der Waals surface area contributed by atoms with Crippen molar-refractivity contribution >= 4 is 16.6 Å². The van der Waals surface area contributed by atoms with E-state index in [1.165, 1.54) is 0 Å². The zero-order valence-electron chi connectivity index (χ0n) is 8.69. The van der Waals surface area contributed by atoms with Crippen molar-refractivity contribution in [3.63, 3.8) is 0 Å². The molecule has 0 heterocycles. The van der Waals surface area contributed by atoms with E-state index in [2.05, 4.69) is 50.8 Å². The molecule has 0 radical (unpaired) electrons. The van der Waals surface area contributed by atoms with Crippen LogP contribution in [0, 0.1) is 11.5 Å². The summed E-state index contributed by atoms with van der Waals surface area (Å²) in [5.41, 5.74) is 3.15. The average Bonchev–Trinajstić information content (AvgIpc) is 1.78. The zero-order valence-corrected chi connectivity index (χ0v) is 10.7. The minimum absolute atomic E-state index is 1.42. The molecule has 0 amide bonds. The first-order valence-electron chi connectivity index (χ1n) is 4.11. The van der Waals surface area contributed by atoms with Crippen molar-refractivity contribution in [3.05, 3.63) is 12.7 Å². The molecule has 0 atom stereocenters. The minimum atomic E-state index is -1.73. The maximum atomic E-state index is 5.98. The highest BCUT2D eigenvalue weighted by Crippen LogP contribution is 2.12. The van der Waals surface area contributed by atoms with Gasteiger partial charge in [-0.05, 0) is 38.8 Å². The standard InChI is InChI=1S/C9H18OSi2/c1-7-8-9-12(5,6)10-11(2,3)4/h7H,1H2,2-6H3. The summed E-state index contributed by atoms with van der Waals surface area (Å²) in [5, 5.41) is 0. The zero-order chi connectivity index (χ0) is 9.83. The van der Waals surface area contributed by atoms with Gasteiger partial charge in [0.1, 0.15) is 0 Å². The van der Waals surface area contributed by atoms with Crippen LogP contribution in [-0.2, 0) is 4.12 Å². The Morgan fingerprint density at radius 3 is 2.00 bits per heavy atom. The van der Waals surface area contributed by atoms with Crippen molar-refractivity contribution in [2.75, 3.05) is 0 Å². The van der Waals surface area contributed by atoms with Crippen LogP contribution in [0.15, 0.2) is 12.7 Å². The molecular formula is C9H18OSi2. The molecule has 0 rings (SSSR count). The predicted molar refractivity (Wildman–Crippen MR) is 59.9 cm³/mol. The van der Waals surface area contributed by atoms with Crippen LogP contribution >= 0.6 is 0 Å². The largest absolute Gasteiger partial charge is 0.447 e. The second-order valence-electron chi connectivity index (χ2n) is 4.20. The van der Waals surface area contributed by atoms with Crippen molar-refractivity contribution in [1.29, 1.82) is 0 Å². The molecule has 1 nitrogen and oxygen atoms in total. The lowest BCUT2D eigenvalue weighted by Gasteiger charge is -2.26. The molecular weight excluding hydrogens is 180 g/mol. The van der Waals surface area contributed by atoms with E-state index in [1.807, 2.05) is 0 Å². The fourth-order valence-electron chi connectivity index (χ4n) is 1.02. The van der Waals surface area contributed by atoms with Crippen LogP contribution < -0.4 is 0 Å². The molecule has 0 aromatic heterocycles. The summed E-state index contributed by atoms with van der Waals surface area (Å²) in [6, 6.07) is 0. The predicted octanol–water partition coefficient (Wildman–Crippen LogP) is 2.77. The first kappa shape index (κ1) is 11.7. The second kappa shape index (κ2) is 4.08. The number of hydrogen-bond acceptors (Lipinski definition) is 1. The highest BCUT2D eigenvalue weighted by molar-refractivity contribution is 6.88. The SMILES string of the molecule is C=CC#C[Si](C)(C)O[Si](C)(C)C. The molecule has 0 fully saturated rings. The van der Waals surface area contributed by atoms with Gasteiger partial charge >= 0.3 is 0 Å². The third-order valence-electron chi connectivity index (χ3n) is 1.04. The molecule has 0 aromatic rings. The Morgan fingerprint density at radius 2 is 1.67 bits per heavy atom. The Hall–Kier alpha value is -0.306. The summed E-state index contributed by atoms with van der Waals surface area (Å²) in [5.74, 6) is 2.88. The van der Waals surface area contributed by atoms with Crippen LogP contribution in [-0.4, -0.2) is 16.6 Å². The van der Waals surface area contributed by atoms with Crippen LogP contribution in [0.25, 0.3) is 0 Å². The summed E-state index contributed by atoms with van der Waals surface area (Å²) in [7, 11) is -3.15. The Labute approximate surface area is 78.1 Å². The van der Waals surface area contributed by atoms with Crippen molar-refractivity contribution < 1.29 is 4.12 Å². The molecule has 68 valence electrons. The highest BCUT2D eigenvalue weighted by atomic mass is 28.4. The Bertz CT molecular complexity index is 215. The van der Waals surface area contributed by atoms with Gasteiger partial charge in [0.2, 0.25) is 0 Å². The summed E-state index contributed by atoms with van der Waals surface area (Å²) < 4.78 is 5.98. The summed E-state index contributed by atoms with van der Waals surface area (Å²) in [6.45, 7) is 14.4. The fourth-order valence-corrected chi connectivity index (χ4v) is 7.79. The van der Waals surface area contributed by atoms with Crippen LogP contribution in [0.1, 0.15) is 0 Å². The number of allylic oxidation sites excluding steroid dienone is 1. The van der Waals surface area contributed by atoms with Gasteiger partial charge in [-0.2, -0.15) is 0 Å². The third-order valence-corrected chi connectivity index (χ3v) is 6.27. The molecule has 12 heavy (non-hydrogen) atoms. The van der Waals surface area contributed by atoms with E-state index in [0.29, 0.717) is 0 Å². The smallest absolute Gasteiger partial charge is 0.256 e. The first-order valence-corrected chi connectivity index (χ1v) is 10.4. The topological polar surface area (TPSA) is 9.23 Å². The normalized spacial score (nSPS) is 11.8. The third kappa shape index (κ3) is 6.41. The van der Waals surface area contributed by atoms with Gasteiger partial charge in [-0.15, -0.1) is 0 Å². The van der Waals surface area contributed by atoms with E-state index in [1.54, 1.807) is 6.08 Å². The summed E-state index contributed by atoms with van der Waals surface area (Å²) in [6.07, 6.45) is 1.63. The first-order chi connectivity index (χ1) is 5.27. The van der Waals surface area contributed by atoms with Gasteiger partial charge < -0.3 is 4.12 Å².